The summed E-state index contributed by atoms with van der Waals surface area (Å²) in [7, 11) is 0. The maximum Gasteiger partial charge on any atom is 0.0592 e. The Morgan fingerprint density at radius 2 is 2.38 bits per heavy atom. The highest BCUT2D eigenvalue weighted by Gasteiger charge is 2.25. The van der Waals surface area contributed by atoms with E-state index >= 15 is 0 Å². The van der Waals surface area contributed by atoms with Crippen LogP contribution in [0.15, 0.2) is 22.9 Å². The van der Waals surface area contributed by atoms with Crippen LogP contribution in [-0.2, 0) is 0 Å². The molecule has 1 aromatic rings. The van der Waals surface area contributed by atoms with E-state index in [0.29, 0.717) is 6.04 Å². The first-order valence-corrected chi connectivity index (χ1v) is 7.66. The topological polar surface area (TPSA) is 16.1 Å². The minimum Gasteiger partial charge on any atom is -0.368 e. The van der Waals surface area contributed by atoms with Crippen LogP contribution < -0.4 is 4.90 Å². The maximum atomic E-state index is 4.12. The van der Waals surface area contributed by atoms with Gasteiger partial charge in [-0.3, -0.25) is 4.98 Å². The third-order valence-corrected chi connectivity index (χ3v) is 4.28. The number of anilines is 1. The summed E-state index contributed by atoms with van der Waals surface area (Å²) in [6.45, 7) is 1.18. The molecule has 0 aromatic carbocycles. The fraction of sp³-hybridized carbons (Fsp3) is 0.583. The van der Waals surface area contributed by atoms with E-state index in [4.69, 9.17) is 0 Å². The Morgan fingerprint density at radius 1 is 1.50 bits per heavy atom. The molecule has 88 valence electrons. The summed E-state index contributed by atoms with van der Waals surface area (Å²) in [5.41, 5.74) is 1.30. The van der Waals surface area contributed by atoms with Gasteiger partial charge in [0.2, 0.25) is 0 Å². The molecule has 1 aliphatic rings. The summed E-state index contributed by atoms with van der Waals surface area (Å²) < 4.78 is 1.11. The van der Waals surface area contributed by atoms with Crippen molar-refractivity contribution in [1.82, 2.24) is 4.98 Å². The van der Waals surface area contributed by atoms with Gasteiger partial charge in [0.15, 0.2) is 0 Å². The lowest BCUT2D eigenvalue weighted by molar-refractivity contribution is 0.603. The van der Waals surface area contributed by atoms with Gasteiger partial charge in [-0.2, -0.15) is 0 Å². The van der Waals surface area contributed by atoms with E-state index in [1.807, 2.05) is 12.4 Å². The summed E-state index contributed by atoms with van der Waals surface area (Å²) in [5, 5.41) is 1.11. The zero-order chi connectivity index (χ0) is 11.4. The minimum atomic E-state index is 0.705. The molecule has 0 radical (unpaired) electrons. The van der Waals surface area contributed by atoms with Crippen molar-refractivity contribution in [2.75, 3.05) is 16.8 Å². The van der Waals surface area contributed by atoms with Crippen molar-refractivity contribution in [3.05, 3.63) is 22.9 Å². The summed E-state index contributed by atoms with van der Waals surface area (Å²) in [6, 6.07) is 2.81. The first-order chi connectivity index (χ1) is 7.83. The van der Waals surface area contributed by atoms with Crippen molar-refractivity contribution < 1.29 is 0 Å². The standard InChI is InChI=1S/C12H16Br2N2/c13-6-1-3-10-4-2-8-16(10)12-5-7-15-9-11(12)14/h5,7,9-10H,1-4,6,8H2. The molecule has 16 heavy (non-hydrogen) atoms. The van der Waals surface area contributed by atoms with Crippen molar-refractivity contribution >= 4 is 37.5 Å². The van der Waals surface area contributed by atoms with Gasteiger partial charge < -0.3 is 4.90 Å². The summed E-state index contributed by atoms with van der Waals surface area (Å²) in [5.74, 6) is 0. The predicted octanol–water partition coefficient (Wildman–Crippen LogP) is 3.99. The molecule has 2 rings (SSSR count). The van der Waals surface area contributed by atoms with E-state index in [9.17, 15) is 0 Å². The van der Waals surface area contributed by atoms with Gasteiger partial charge in [-0.15, -0.1) is 0 Å². The third kappa shape index (κ3) is 2.77. The van der Waals surface area contributed by atoms with Crippen LogP contribution in [-0.4, -0.2) is 22.9 Å². The van der Waals surface area contributed by atoms with Crippen molar-refractivity contribution in [2.24, 2.45) is 0 Å². The molecule has 1 fully saturated rings. The second-order valence-electron chi connectivity index (χ2n) is 4.15. The SMILES string of the molecule is BrCCCC1CCCN1c1ccncc1Br. The Labute approximate surface area is 114 Å². The quantitative estimate of drug-likeness (QED) is 0.765. The monoisotopic (exact) mass is 346 g/mol. The predicted molar refractivity (Wildman–Crippen MR) is 75.3 cm³/mol. The van der Waals surface area contributed by atoms with Crippen molar-refractivity contribution in [3.8, 4) is 0 Å². The van der Waals surface area contributed by atoms with Crippen molar-refractivity contribution in [3.63, 3.8) is 0 Å². The smallest absolute Gasteiger partial charge is 0.0592 e. The summed E-state index contributed by atoms with van der Waals surface area (Å²) in [4.78, 5) is 6.64. The van der Waals surface area contributed by atoms with Gasteiger partial charge in [0, 0.05) is 30.3 Å². The fourth-order valence-electron chi connectivity index (χ4n) is 2.37. The average molecular weight is 348 g/mol. The Bertz CT molecular complexity index is 344. The number of rotatable bonds is 4. The van der Waals surface area contributed by atoms with Crippen LogP contribution in [0.4, 0.5) is 5.69 Å². The van der Waals surface area contributed by atoms with E-state index in [2.05, 4.69) is 47.8 Å². The number of alkyl halides is 1. The van der Waals surface area contributed by atoms with Crippen LogP contribution in [0.1, 0.15) is 25.7 Å². The fourth-order valence-corrected chi connectivity index (χ4v) is 3.17. The van der Waals surface area contributed by atoms with Crippen LogP contribution >= 0.6 is 31.9 Å². The van der Waals surface area contributed by atoms with Crippen molar-refractivity contribution in [1.29, 1.82) is 0 Å². The zero-order valence-corrected chi connectivity index (χ0v) is 12.4. The number of hydrogen-bond acceptors (Lipinski definition) is 2. The molecule has 0 saturated carbocycles. The van der Waals surface area contributed by atoms with Gasteiger partial charge in [-0.25, -0.2) is 0 Å². The molecule has 2 heterocycles. The molecule has 2 nitrogen and oxygen atoms in total. The number of halogens is 2. The van der Waals surface area contributed by atoms with Gasteiger partial charge in [-0.05, 0) is 47.7 Å². The lowest BCUT2D eigenvalue weighted by atomic mass is 10.1. The molecule has 4 heteroatoms. The molecular formula is C12H16Br2N2. The Hall–Kier alpha value is -0.0900. The molecule has 0 amide bonds. The van der Waals surface area contributed by atoms with E-state index < -0.39 is 0 Å². The molecule has 0 spiro atoms. The lowest BCUT2D eigenvalue weighted by Gasteiger charge is -2.27. The van der Waals surface area contributed by atoms with E-state index in [1.165, 1.54) is 37.9 Å². The third-order valence-electron chi connectivity index (χ3n) is 3.11. The van der Waals surface area contributed by atoms with Crippen LogP contribution in [0.3, 0.4) is 0 Å². The summed E-state index contributed by atoms with van der Waals surface area (Å²) >= 11 is 7.10. The molecule has 1 aliphatic heterocycles. The van der Waals surface area contributed by atoms with Crippen LogP contribution in [0.25, 0.3) is 0 Å². The second kappa shape index (κ2) is 6.01. The largest absolute Gasteiger partial charge is 0.368 e. The number of nitrogens with zero attached hydrogens (tertiary/aromatic N) is 2. The normalized spacial score (nSPS) is 20.4. The van der Waals surface area contributed by atoms with Gasteiger partial charge >= 0.3 is 0 Å². The van der Waals surface area contributed by atoms with Crippen molar-refractivity contribution in [2.45, 2.75) is 31.7 Å². The van der Waals surface area contributed by atoms with Gasteiger partial charge in [0.05, 0.1) is 10.2 Å². The molecule has 1 unspecified atom stereocenters. The summed E-state index contributed by atoms with van der Waals surface area (Å²) in [6.07, 6.45) is 8.92. The van der Waals surface area contributed by atoms with E-state index in [-0.39, 0.29) is 0 Å². The lowest BCUT2D eigenvalue weighted by Crippen LogP contribution is -2.29. The molecule has 0 aliphatic carbocycles. The minimum absolute atomic E-state index is 0.705. The maximum absolute atomic E-state index is 4.12. The first-order valence-electron chi connectivity index (χ1n) is 5.75. The van der Waals surface area contributed by atoms with Gasteiger partial charge in [0.1, 0.15) is 0 Å². The Kier molecular flexibility index (Phi) is 4.65. The van der Waals surface area contributed by atoms with Crippen LogP contribution in [0, 0.1) is 0 Å². The van der Waals surface area contributed by atoms with Crippen LogP contribution in [0.2, 0.25) is 0 Å². The Morgan fingerprint density at radius 3 is 3.12 bits per heavy atom. The highest BCUT2D eigenvalue weighted by atomic mass is 79.9. The number of pyridine rings is 1. The average Bonchev–Trinajstić information content (AvgIpc) is 2.75. The molecule has 0 bridgehead atoms. The van der Waals surface area contributed by atoms with E-state index in [0.717, 1.165) is 9.80 Å². The Balaban J connectivity index is 2.10. The molecular weight excluding hydrogens is 332 g/mol. The number of aromatic nitrogens is 1. The van der Waals surface area contributed by atoms with Gasteiger partial charge in [0.25, 0.3) is 0 Å². The van der Waals surface area contributed by atoms with Gasteiger partial charge in [-0.1, -0.05) is 15.9 Å². The van der Waals surface area contributed by atoms with E-state index in [1.54, 1.807) is 0 Å². The zero-order valence-electron chi connectivity index (χ0n) is 9.20. The molecule has 1 aromatic heterocycles. The molecule has 1 atom stereocenters. The molecule has 0 N–H and O–H groups in total. The highest BCUT2D eigenvalue weighted by Crippen LogP contribution is 2.32. The number of hydrogen-bond donors (Lipinski definition) is 0. The molecule has 1 saturated heterocycles. The second-order valence-corrected chi connectivity index (χ2v) is 5.80. The first kappa shape index (κ1) is 12.4. The highest BCUT2D eigenvalue weighted by molar-refractivity contribution is 9.10. The van der Waals surface area contributed by atoms with Crippen LogP contribution in [0.5, 0.6) is 0 Å².